The molecule has 0 unspecified atom stereocenters. The van der Waals surface area contributed by atoms with E-state index in [4.69, 9.17) is 0 Å². The van der Waals surface area contributed by atoms with E-state index in [2.05, 4.69) is 19.6 Å². The van der Waals surface area contributed by atoms with Crippen molar-refractivity contribution in [3.63, 3.8) is 0 Å². The lowest BCUT2D eigenvalue weighted by Gasteiger charge is -2.16. The molecule has 3 aromatic rings. The Morgan fingerprint density at radius 2 is 1.83 bits per heavy atom. The molecule has 1 aliphatic heterocycles. The van der Waals surface area contributed by atoms with Crippen molar-refractivity contribution in [3.05, 3.63) is 59.0 Å². The molecule has 2 heterocycles. The predicted octanol–water partition coefficient (Wildman–Crippen LogP) is 2.04. The van der Waals surface area contributed by atoms with Crippen LogP contribution in [0, 0.1) is 11.8 Å². The first-order valence-corrected chi connectivity index (χ1v) is 13.2. The van der Waals surface area contributed by atoms with E-state index in [1.54, 1.807) is 22.8 Å². The number of amides is 1. The molecule has 1 amide bonds. The largest absolute Gasteiger partial charge is 0.343 e. The number of rotatable bonds is 8. The third kappa shape index (κ3) is 5.15. The van der Waals surface area contributed by atoms with Gasteiger partial charge in [-0.15, -0.1) is 0 Å². The number of nitrogens with zero attached hydrogens (tertiary/aromatic N) is 3. The number of benzene rings is 2. The maximum absolute atomic E-state index is 12.5. The Morgan fingerprint density at radius 3 is 2.54 bits per heavy atom. The summed E-state index contributed by atoms with van der Waals surface area (Å²) < 4.78 is 29.9. The first kappa shape index (κ1) is 23.3. The van der Waals surface area contributed by atoms with E-state index in [1.165, 1.54) is 7.05 Å². The standard InChI is InChI=1S/C24H28N6O4S/c1-25-35(33,34)28-21-4-2-3-20(13-21)17-5-7-18(8-6-17)22-26-27-24(32)30(22)15-16-11-12-29(14-16)23(31)19-9-10-19/h2-8,13,16,19,25,28H,9-12,14-15H2,1H3,(H,27,32)/t16-/m1/s1. The number of likely N-dealkylation sites (tertiary alicyclic amines) is 1. The van der Waals surface area contributed by atoms with Crippen LogP contribution < -0.4 is 15.1 Å². The highest BCUT2D eigenvalue weighted by Crippen LogP contribution is 2.33. The minimum absolute atomic E-state index is 0.212. The lowest BCUT2D eigenvalue weighted by atomic mass is 10.0. The molecule has 10 nitrogen and oxygen atoms in total. The van der Waals surface area contributed by atoms with Crippen molar-refractivity contribution >= 4 is 21.8 Å². The zero-order chi connectivity index (χ0) is 24.6. The van der Waals surface area contributed by atoms with Crippen molar-refractivity contribution in [1.82, 2.24) is 24.4 Å². The predicted molar refractivity (Wildman–Crippen MR) is 133 cm³/mol. The number of anilines is 1. The fraction of sp³-hybridized carbons (Fsp3) is 0.375. The molecule has 2 fully saturated rings. The van der Waals surface area contributed by atoms with Crippen LogP contribution in [0.15, 0.2) is 53.3 Å². The van der Waals surface area contributed by atoms with E-state index in [1.807, 2.05) is 35.2 Å². The van der Waals surface area contributed by atoms with E-state index < -0.39 is 10.2 Å². The van der Waals surface area contributed by atoms with Crippen LogP contribution in [0.25, 0.3) is 22.5 Å². The summed E-state index contributed by atoms with van der Waals surface area (Å²) in [6.07, 6.45) is 2.87. The van der Waals surface area contributed by atoms with Gasteiger partial charge in [-0.3, -0.25) is 14.1 Å². The molecular weight excluding hydrogens is 468 g/mol. The summed E-state index contributed by atoms with van der Waals surface area (Å²) in [5.74, 6) is 1.24. The Hall–Kier alpha value is -3.44. The number of hydrogen-bond acceptors (Lipinski definition) is 5. The van der Waals surface area contributed by atoms with Gasteiger partial charge in [-0.1, -0.05) is 36.4 Å². The van der Waals surface area contributed by atoms with Gasteiger partial charge in [0, 0.05) is 38.2 Å². The molecule has 35 heavy (non-hydrogen) atoms. The summed E-state index contributed by atoms with van der Waals surface area (Å²) in [5, 5.41) is 6.81. The Morgan fingerprint density at radius 1 is 1.09 bits per heavy atom. The average molecular weight is 497 g/mol. The lowest BCUT2D eigenvalue weighted by molar-refractivity contribution is -0.131. The fourth-order valence-corrected chi connectivity index (χ4v) is 5.06. The minimum Gasteiger partial charge on any atom is -0.342 e. The Labute approximate surface area is 203 Å². The van der Waals surface area contributed by atoms with Crippen molar-refractivity contribution in [2.75, 3.05) is 24.9 Å². The summed E-state index contributed by atoms with van der Waals surface area (Å²) in [6, 6.07) is 14.7. The first-order valence-electron chi connectivity index (χ1n) is 11.7. The third-order valence-corrected chi connectivity index (χ3v) is 7.62. The highest BCUT2D eigenvalue weighted by atomic mass is 32.2. The van der Waals surface area contributed by atoms with Crippen LogP contribution in [0.4, 0.5) is 5.69 Å². The number of nitrogens with one attached hydrogen (secondary N) is 3. The Bertz CT molecular complexity index is 1390. The smallest absolute Gasteiger partial charge is 0.342 e. The van der Waals surface area contributed by atoms with Crippen LogP contribution in [-0.4, -0.2) is 54.1 Å². The van der Waals surface area contributed by atoms with Crippen molar-refractivity contribution in [2.24, 2.45) is 11.8 Å². The van der Waals surface area contributed by atoms with Crippen LogP contribution in [0.5, 0.6) is 0 Å². The average Bonchev–Trinajstić information content (AvgIpc) is 3.50. The Kier molecular flexibility index (Phi) is 6.20. The van der Waals surface area contributed by atoms with Gasteiger partial charge in [-0.25, -0.2) is 14.6 Å². The van der Waals surface area contributed by atoms with Gasteiger partial charge in [0.25, 0.3) is 10.2 Å². The molecule has 11 heteroatoms. The second kappa shape index (κ2) is 9.31. The molecule has 1 saturated heterocycles. The molecule has 0 spiro atoms. The van der Waals surface area contributed by atoms with Gasteiger partial charge in [0.05, 0.1) is 5.69 Å². The van der Waals surface area contributed by atoms with Gasteiger partial charge in [0.15, 0.2) is 5.82 Å². The first-order chi connectivity index (χ1) is 16.8. The van der Waals surface area contributed by atoms with E-state index in [0.29, 0.717) is 24.6 Å². The number of aromatic amines is 1. The number of hydrogen-bond donors (Lipinski definition) is 3. The molecule has 1 saturated carbocycles. The summed E-state index contributed by atoms with van der Waals surface area (Å²) in [5.41, 5.74) is 2.73. The molecule has 1 aromatic heterocycles. The number of H-pyrrole nitrogens is 1. The number of carbonyl (C=O) groups is 1. The van der Waals surface area contributed by atoms with Gasteiger partial charge >= 0.3 is 5.69 Å². The minimum atomic E-state index is -3.60. The zero-order valence-corrected chi connectivity index (χ0v) is 20.2. The van der Waals surface area contributed by atoms with Crippen LogP contribution in [0.2, 0.25) is 0 Å². The van der Waals surface area contributed by atoms with Crippen LogP contribution in [0.3, 0.4) is 0 Å². The summed E-state index contributed by atoms with van der Waals surface area (Å²) in [7, 11) is -2.26. The second-order valence-corrected chi connectivity index (χ2v) is 10.8. The van der Waals surface area contributed by atoms with Gasteiger partial charge in [-0.2, -0.15) is 13.5 Å². The molecule has 0 radical (unpaired) electrons. The van der Waals surface area contributed by atoms with E-state index in [-0.39, 0.29) is 23.4 Å². The van der Waals surface area contributed by atoms with Gasteiger partial charge in [0.2, 0.25) is 5.91 Å². The normalized spacial score (nSPS) is 18.1. The number of carbonyl (C=O) groups excluding carboxylic acids is 1. The summed E-state index contributed by atoms with van der Waals surface area (Å²) in [6.45, 7) is 1.94. The van der Waals surface area contributed by atoms with E-state index in [9.17, 15) is 18.0 Å². The van der Waals surface area contributed by atoms with Crippen molar-refractivity contribution in [2.45, 2.75) is 25.8 Å². The molecule has 1 atom stereocenters. The SMILES string of the molecule is CNS(=O)(=O)Nc1cccc(-c2ccc(-c3n[nH]c(=O)n3C[C@@H]3CCN(C(=O)C4CC4)C3)cc2)c1. The Balaban J connectivity index is 1.32. The third-order valence-electron chi connectivity index (χ3n) is 6.58. The summed E-state index contributed by atoms with van der Waals surface area (Å²) >= 11 is 0. The molecule has 184 valence electrons. The highest BCUT2D eigenvalue weighted by Gasteiger charge is 2.36. The molecular formula is C24H28N6O4S. The van der Waals surface area contributed by atoms with E-state index in [0.717, 1.165) is 42.5 Å². The summed E-state index contributed by atoms with van der Waals surface area (Å²) in [4.78, 5) is 26.8. The quantitative estimate of drug-likeness (QED) is 0.440. The maximum atomic E-state index is 12.5. The maximum Gasteiger partial charge on any atom is 0.343 e. The molecule has 3 N–H and O–H groups in total. The van der Waals surface area contributed by atoms with Crippen molar-refractivity contribution < 1.29 is 13.2 Å². The molecule has 5 rings (SSSR count). The van der Waals surface area contributed by atoms with Gasteiger partial charge in [0.1, 0.15) is 0 Å². The molecule has 2 aromatic carbocycles. The van der Waals surface area contributed by atoms with Gasteiger partial charge < -0.3 is 4.90 Å². The highest BCUT2D eigenvalue weighted by molar-refractivity contribution is 7.90. The number of aromatic nitrogens is 3. The fourth-order valence-electron chi connectivity index (χ4n) is 4.52. The van der Waals surface area contributed by atoms with Crippen molar-refractivity contribution in [3.8, 4) is 22.5 Å². The second-order valence-electron chi connectivity index (χ2n) is 9.14. The topological polar surface area (TPSA) is 129 Å². The monoisotopic (exact) mass is 496 g/mol. The van der Waals surface area contributed by atoms with Crippen LogP contribution in [0.1, 0.15) is 19.3 Å². The van der Waals surface area contributed by atoms with Crippen LogP contribution in [-0.2, 0) is 21.5 Å². The molecule has 1 aliphatic carbocycles. The zero-order valence-electron chi connectivity index (χ0n) is 19.4. The van der Waals surface area contributed by atoms with E-state index >= 15 is 0 Å². The van der Waals surface area contributed by atoms with Crippen LogP contribution >= 0.6 is 0 Å². The lowest BCUT2D eigenvalue weighted by Crippen LogP contribution is -2.31. The molecule has 2 aliphatic rings. The van der Waals surface area contributed by atoms with Gasteiger partial charge in [-0.05, 0) is 48.4 Å². The van der Waals surface area contributed by atoms with Crippen molar-refractivity contribution in [1.29, 1.82) is 0 Å². The molecule has 0 bridgehead atoms.